The summed E-state index contributed by atoms with van der Waals surface area (Å²) in [4.78, 5) is 14.1. The van der Waals surface area contributed by atoms with Crippen LogP contribution in [0.2, 0.25) is 0 Å². The van der Waals surface area contributed by atoms with E-state index in [1.165, 1.54) is 25.0 Å². The standard InChI is InChI=1S/C16H21FN4O/c1-12-4-7-21(8-5-12)9-6-19-16(22)20-15-3-2-14(17)10-13(15)11-18/h2-3,10,12H,4-9H2,1H3,(H2,19,20,22). The predicted octanol–water partition coefficient (Wildman–Crippen LogP) is 2.55. The Morgan fingerprint density at radius 1 is 1.45 bits per heavy atom. The van der Waals surface area contributed by atoms with E-state index in [1.54, 1.807) is 0 Å². The molecule has 0 aliphatic carbocycles. The lowest BCUT2D eigenvalue weighted by atomic mass is 9.99. The first-order valence-corrected chi connectivity index (χ1v) is 7.55. The summed E-state index contributed by atoms with van der Waals surface area (Å²) < 4.78 is 13.0. The largest absolute Gasteiger partial charge is 0.337 e. The van der Waals surface area contributed by atoms with Crippen LogP contribution in [0, 0.1) is 23.1 Å². The van der Waals surface area contributed by atoms with E-state index in [2.05, 4.69) is 22.5 Å². The van der Waals surface area contributed by atoms with Gasteiger partial charge in [-0.3, -0.25) is 0 Å². The Kier molecular flexibility index (Phi) is 5.73. The van der Waals surface area contributed by atoms with E-state index in [9.17, 15) is 9.18 Å². The molecule has 0 unspecified atom stereocenters. The Morgan fingerprint density at radius 2 is 2.18 bits per heavy atom. The Labute approximate surface area is 130 Å². The summed E-state index contributed by atoms with van der Waals surface area (Å²) in [5.41, 5.74) is 0.424. The molecule has 0 bridgehead atoms. The maximum atomic E-state index is 13.0. The molecule has 0 aromatic heterocycles. The SMILES string of the molecule is CC1CCN(CCNC(=O)Nc2ccc(F)cc2C#N)CC1. The number of benzene rings is 1. The van der Waals surface area contributed by atoms with Crippen molar-refractivity contribution in [2.45, 2.75) is 19.8 Å². The van der Waals surface area contributed by atoms with Crippen LogP contribution in [0.25, 0.3) is 0 Å². The number of anilines is 1. The number of urea groups is 1. The fraction of sp³-hybridized carbons (Fsp3) is 0.500. The highest BCUT2D eigenvalue weighted by Gasteiger charge is 2.15. The van der Waals surface area contributed by atoms with E-state index in [0.29, 0.717) is 12.2 Å². The predicted molar refractivity (Wildman–Crippen MR) is 83.0 cm³/mol. The molecule has 1 aliphatic heterocycles. The van der Waals surface area contributed by atoms with Crippen LogP contribution in [-0.4, -0.2) is 37.1 Å². The summed E-state index contributed by atoms with van der Waals surface area (Å²) in [7, 11) is 0. The molecule has 0 spiro atoms. The molecule has 1 aromatic rings. The van der Waals surface area contributed by atoms with Crippen molar-refractivity contribution in [2.75, 3.05) is 31.5 Å². The van der Waals surface area contributed by atoms with Gasteiger partial charge in [0.1, 0.15) is 11.9 Å². The second-order valence-corrected chi connectivity index (χ2v) is 5.71. The lowest BCUT2D eigenvalue weighted by molar-refractivity contribution is 0.192. The molecule has 0 radical (unpaired) electrons. The van der Waals surface area contributed by atoms with Crippen LogP contribution >= 0.6 is 0 Å². The minimum Gasteiger partial charge on any atom is -0.337 e. The van der Waals surface area contributed by atoms with Crippen LogP contribution in [-0.2, 0) is 0 Å². The Morgan fingerprint density at radius 3 is 2.86 bits per heavy atom. The minimum atomic E-state index is -0.498. The van der Waals surface area contributed by atoms with Gasteiger partial charge < -0.3 is 15.5 Å². The fourth-order valence-corrected chi connectivity index (χ4v) is 2.50. The molecule has 0 saturated carbocycles. The Bertz CT molecular complexity index is 562. The molecule has 1 fully saturated rings. The van der Waals surface area contributed by atoms with Gasteiger partial charge >= 0.3 is 6.03 Å². The van der Waals surface area contributed by atoms with Crippen LogP contribution in [0.4, 0.5) is 14.9 Å². The second-order valence-electron chi connectivity index (χ2n) is 5.71. The molecule has 1 heterocycles. The molecule has 1 saturated heterocycles. The summed E-state index contributed by atoms with van der Waals surface area (Å²) in [6.07, 6.45) is 2.40. The molecule has 2 amide bonds. The van der Waals surface area contributed by atoms with Crippen molar-refractivity contribution in [3.63, 3.8) is 0 Å². The minimum absolute atomic E-state index is 0.111. The summed E-state index contributed by atoms with van der Waals surface area (Å²) in [6, 6.07) is 5.19. The Hall–Kier alpha value is -2.13. The second kappa shape index (κ2) is 7.76. The summed E-state index contributed by atoms with van der Waals surface area (Å²) >= 11 is 0. The molecule has 118 valence electrons. The van der Waals surface area contributed by atoms with E-state index >= 15 is 0 Å². The molecule has 6 heteroatoms. The number of carbonyl (C=O) groups excluding carboxylic acids is 1. The normalized spacial score (nSPS) is 16.0. The van der Waals surface area contributed by atoms with Crippen LogP contribution in [0.3, 0.4) is 0 Å². The third kappa shape index (κ3) is 4.71. The van der Waals surface area contributed by atoms with Gasteiger partial charge in [0.05, 0.1) is 11.3 Å². The zero-order valence-electron chi connectivity index (χ0n) is 12.7. The number of rotatable bonds is 4. The monoisotopic (exact) mass is 304 g/mol. The molecule has 2 rings (SSSR count). The van der Waals surface area contributed by atoms with E-state index in [1.807, 2.05) is 6.07 Å². The molecular formula is C16H21FN4O. The van der Waals surface area contributed by atoms with Crippen LogP contribution in [0.5, 0.6) is 0 Å². The Balaban J connectivity index is 1.75. The smallest absolute Gasteiger partial charge is 0.319 e. The van der Waals surface area contributed by atoms with Gasteiger partial charge in [-0.2, -0.15) is 5.26 Å². The quantitative estimate of drug-likeness (QED) is 0.898. The van der Waals surface area contributed by atoms with E-state index in [0.717, 1.165) is 31.6 Å². The number of amides is 2. The molecule has 0 atom stereocenters. The van der Waals surface area contributed by atoms with Gasteiger partial charge in [-0.15, -0.1) is 0 Å². The van der Waals surface area contributed by atoms with Crippen molar-refractivity contribution >= 4 is 11.7 Å². The average molecular weight is 304 g/mol. The number of nitriles is 1. The van der Waals surface area contributed by atoms with Gasteiger partial charge in [0, 0.05) is 13.1 Å². The summed E-state index contributed by atoms with van der Waals surface area (Å²) in [5.74, 6) is 0.289. The van der Waals surface area contributed by atoms with E-state index < -0.39 is 5.82 Å². The van der Waals surface area contributed by atoms with E-state index in [-0.39, 0.29) is 11.6 Å². The summed E-state index contributed by atoms with van der Waals surface area (Å²) in [6.45, 7) is 5.76. The highest BCUT2D eigenvalue weighted by atomic mass is 19.1. The van der Waals surface area contributed by atoms with Crippen LogP contribution in [0.1, 0.15) is 25.3 Å². The zero-order chi connectivity index (χ0) is 15.9. The number of halogens is 1. The maximum Gasteiger partial charge on any atom is 0.319 e. The lowest BCUT2D eigenvalue weighted by Gasteiger charge is -2.30. The number of nitrogens with one attached hydrogen (secondary N) is 2. The van der Waals surface area contributed by atoms with Crippen molar-refractivity contribution in [1.29, 1.82) is 5.26 Å². The number of likely N-dealkylation sites (tertiary alicyclic amines) is 1. The molecule has 1 aliphatic rings. The molecule has 5 nitrogen and oxygen atoms in total. The first kappa shape index (κ1) is 16.2. The maximum absolute atomic E-state index is 13.0. The average Bonchev–Trinajstić information content (AvgIpc) is 2.51. The van der Waals surface area contributed by atoms with Crippen molar-refractivity contribution in [3.8, 4) is 6.07 Å². The third-order valence-electron chi connectivity index (χ3n) is 3.94. The van der Waals surface area contributed by atoms with Gasteiger partial charge in [-0.1, -0.05) is 6.92 Å². The number of carbonyl (C=O) groups is 1. The number of hydrogen-bond acceptors (Lipinski definition) is 3. The summed E-state index contributed by atoms with van der Waals surface area (Å²) in [5, 5.41) is 14.3. The topological polar surface area (TPSA) is 68.2 Å². The van der Waals surface area contributed by atoms with Gasteiger partial charge in [0.25, 0.3) is 0 Å². The lowest BCUT2D eigenvalue weighted by Crippen LogP contribution is -2.40. The first-order valence-electron chi connectivity index (χ1n) is 7.55. The number of hydrogen-bond donors (Lipinski definition) is 2. The molecule has 1 aromatic carbocycles. The number of nitrogens with zero attached hydrogens (tertiary/aromatic N) is 2. The van der Waals surface area contributed by atoms with Gasteiger partial charge in [0.2, 0.25) is 0 Å². The van der Waals surface area contributed by atoms with E-state index in [4.69, 9.17) is 5.26 Å². The zero-order valence-corrected chi connectivity index (χ0v) is 12.7. The van der Waals surface area contributed by atoms with Crippen LogP contribution < -0.4 is 10.6 Å². The van der Waals surface area contributed by atoms with Gasteiger partial charge in [0.15, 0.2) is 0 Å². The molecule has 2 N–H and O–H groups in total. The third-order valence-corrected chi connectivity index (χ3v) is 3.94. The first-order chi connectivity index (χ1) is 10.6. The van der Waals surface area contributed by atoms with Crippen molar-refractivity contribution in [2.24, 2.45) is 5.92 Å². The van der Waals surface area contributed by atoms with Crippen molar-refractivity contribution in [1.82, 2.24) is 10.2 Å². The van der Waals surface area contributed by atoms with Gasteiger partial charge in [-0.05, 0) is 50.0 Å². The number of piperidine rings is 1. The van der Waals surface area contributed by atoms with Gasteiger partial charge in [-0.25, -0.2) is 9.18 Å². The van der Waals surface area contributed by atoms with Crippen molar-refractivity contribution in [3.05, 3.63) is 29.6 Å². The highest BCUT2D eigenvalue weighted by molar-refractivity contribution is 5.90. The highest BCUT2D eigenvalue weighted by Crippen LogP contribution is 2.16. The molecular weight excluding hydrogens is 283 g/mol. The molecule has 22 heavy (non-hydrogen) atoms. The fourth-order valence-electron chi connectivity index (χ4n) is 2.50. The van der Waals surface area contributed by atoms with Crippen LogP contribution in [0.15, 0.2) is 18.2 Å². The van der Waals surface area contributed by atoms with Crippen molar-refractivity contribution < 1.29 is 9.18 Å².